The van der Waals surface area contributed by atoms with Crippen LogP contribution in [0.2, 0.25) is 0 Å². The molecule has 30 heavy (non-hydrogen) atoms. The predicted molar refractivity (Wildman–Crippen MR) is 115 cm³/mol. The number of amides is 1. The number of anilines is 2. The highest BCUT2D eigenvalue weighted by molar-refractivity contribution is 5.86. The first-order valence-corrected chi connectivity index (χ1v) is 9.90. The molecule has 1 N–H and O–H groups in total. The van der Waals surface area contributed by atoms with E-state index in [0.29, 0.717) is 24.5 Å². The topological polar surface area (TPSA) is 77.1 Å². The molecule has 160 valence electrons. The van der Waals surface area contributed by atoms with Gasteiger partial charge in [0.05, 0.1) is 25.8 Å². The highest BCUT2D eigenvalue weighted by Gasteiger charge is 2.28. The van der Waals surface area contributed by atoms with E-state index in [0.717, 1.165) is 11.3 Å². The smallest absolute Gasteiger partial charge is 0.412 e. The number of carbonyl (C=O) groups excluding carboxylic acids is 2. The molecule has 0 aromatic heterocycles. The number of nitrogens with zero attached hydrogens (tertiary/aromatic N) is 1. The van der Waals surface area contributed by atoms with Gasteiger partial charge in [0.25, 0.3) is 0 Å². The first kappa shape index (κ1) is 21.5. The van der Waals surface area contributed by atoms with Gasteiger partial charge in [-0.2, -0.15) is 0 Å². The van der Waals surface area contributed by atoms with Crippen LogP contribution in [-0.2, 0) is 20.8 Å². The Morgan fingerprint density at radius 2 is 1.90 bits per heavy atom. The molecule has 0 fully saturated rings. The number of hydrogen-bond donors (Lipinski definition) is 1. The van der Waals surface area contributed by atoms with Crippen LogP contribution in [0.15, 0.2) is 48.5 Å². The minimum atomic E-state index is -0.581. The Kier molecular flexibility index (Phi) is 6.50. The molecule has 2 aromatic carbocycles. The van der Waals surface area contributed by atoms with E-state index in [4.69, 9.17) is 14.2 Å². The van der Waals surface area contributed by atoms with E-state index in [-0.39, 0.29) is 18.5 Å². The zero-order chi connectivity index (χ0) is 21.7. The van der Waals surface area contributed by atoms with E-state index < -0.39 is 11.7 Å². The molecule has 1 unspecified atom stereocenters. The van der Waals surface area contributed by atoms with Gasteiger partial charge in [-0.15, -0.1) is 0 Å². The number of methoxy groups -OCH3 is 1. The lowest BCUT2D eigenvalue weighted by Crippen LogP contribution is -2.41. The average molecular weight is 412 g/mol. The summed E-state index contributed by atoms with van der Waals surface area (Å²) < 4.78 is 16.2. The van der Waals surface area contributed by atoms with Crippen LogP contribution in [0.3, 0.4) is 0 Å². The minimum Gasteiger partial charge on any atom is -0.486 e. The van der Waals surface area contributed by atoms with Crippen molar-refractivity contribution in [3.8, 4) is 5.75 Å². The fraction of sp³-hybridized carbons (Fsp3) is 0.391. The maximum absolute atomic E-state index is 12.1. The van der Waals surface area contributed by atoms with Gasteiger partial charge in [0, 0.05) is 12.2 Å². The van der Waals surface area contributed by atoms with Gasteiger partial charge in [-0.25, -0.2) is 4.79 Å². The van der Waals surface area contributed by atoms with Gasteiger partial charge in [0.15, 0.2) is 0 Å². The quantitative estimate of drug-likeness (QED) is 0.735. The summed E-state index contributed by atoms with van der Waals surface area (Å²) in [6, 6.07) is 15.5. The van der Waals surface area contributed by atoms with E-state index in [1.807, 2.05) is 57.2 Å². The van der Waals surface area contributed by atoms with Crippen molar-refractivity contribution >= 4 is 23.4 Å². The van der Waals surface area contributed by atoms with Crippen molar-refractivity contribution in [3.63, 3.8) is 0 Å². The Labute approximate surface area is 176 Å². The highest BCUT2D eigenvalue weighted by atomic mass is 16.6. The Bertz CT molecular complexity index is 892. The van der Waals surface area contributed by atoms with Crippen molar-refractivity contribution in [1.82, 2.24) is 0 Å². The second-order valence-corrected chi connectivity index (χ2v) is 8.20. The maximum atomic E-state index is 12.1. The molecule has 0 saturated heterocycles. The number of nitrogens with one attached hydrogen (secondary N) is 1. The largest absolute Gasteiger partial charge is 0.486 e. The summed E-state index contributed by atoms with van der Waals surface area (Å²) in [5, 5.41) is 2.77. The van der Waals surface area contributed by atoms with Gasteiger partial charge >= 0.3 is 12.1 Å². The van der Waals surface area contributed by atoms with Gasteiger partial charge in [0.1, 0.15) is 17.5 Å². The van der Waals surface area contributed by atoms with Crippen molar-refractivity contribution in [1.29, 1.82) is 0 Å². The van der Waals surface area contributed by atoms with Crippen LogP contribution in [0, 0.1) is 0 Å². The molecular weight excluding hydrogens is 384 g/mol. The summed E-state index contributed by atoms with van der Waals surface area (Å²) in [5.41, 5.74) is 2.00. The Balaban J connectivity index is 1.84. The number of esters is 1. The minimum absolute atomic E-state index is 0.166. The molecule has 1 amide bonds. The van der Waals surface area contributed by atoms with Crippen molar-refractivity contribution in [2.45, 2.75) is 45.4 Å². The maximum Gasteiger partial charge on any atom is 0.412 e. The van der Waals surface area contributed by atoms with Crippen LogP contribution in [0.1, 0.15) is 32.8 Å². The number of benzene rings is 2. The molecule has 0 saturated carbocycles. The zero-order valence-electron chi connectivity index (χ0n) is 17.8. The van der Waals surface area contributed by atoms with Crippen LogP contribution >= 0.6 is 0 Å². The van der Waals surface area contributed by atoms with Gasteiger partial charge < -0.3 is 19.1 Å². The zero-order valence-corrected chi connectivity index (χ0v) is 17.8. The molecule has 1 heterocycles. The molecule has 0 radical (unpaired) electrons. The molecule has 0 aliphatic carbocycles. The molecule has 1 atom stereocenters. The van der Waals surface area contributed by atoms with Crippen molar-refractivity contribution in [2.75, 3.05) is 23.9 Å². The van der Waals surface area contributed by atoms with Gasteiger partial charge in [-0.05, 0) is 44.5 Å². The van der Waals surface area contributed by atoms with Crippen LogP contribution < -0.4 is 15.0 Å². The number of carbonyl (C=O) groups is 2. The average Bonchev–Trinajstić information content (AvgIpc) is 2.67. The van der Waals surface area contributed by atoms with E-state index in [1.165, 1.54) is 7.11 Å². The van der Waals surface area contributed by atoms with Crippen LogP contribution in [0.4, 0.5) is 16.2 Å². The number of rotatable bonds is 5. The third-order valence-corrected chi connectivity index (χ3v) is 4.50. The molecular formula is C23H28N2O5. The number of hydrogen-bond acceptors (Lipinski definition) is 6. The summed E-state index contributed by atoms with van der Waals surface area (Å²) in [6.45, 7) is 6.61. The lowest BCUT2D eigenvalue weighted by molar-refractivity contribution is -0.142. The molecule has 3 rings (SSSR count). The third kappa shape index (κ3) is 5.89. The van der Waals surface area contributed by atoms with Gasteiger partial charge in [-0.1, -0.05) is 30.3 Å². The monoisotopic (exact) mass is 412 g/mol. The molecule has 1 aliphatic heterocycles. The Morgan fingerprint density at radius 1 is 1.17 bits per heavy atom. The van der Waals surface area contributed by atoms with Crippen LogP contribution in [0.25, 0.3) is 0 Å². The normalized spacial score (nSPS) is 15.6. The fourth-order valence-electron chi connectivity index (χ4n) is 3.25. The predicted octanol–water partition coefficient (Wildman–Crippen LogP) is 4.36. The molecule has 1 aliphatic rings. The summed E-state index contributed by atoms with van der Waals surface area (Å²) in [4.78, 5) is 26.1. The summed E-state index contributed by atoms with van der Waals surface area (Å²) in [7, 11) is 1.37. The fourth-order valence-corrected chi connectivity index (χ4v) is 3.25. The van der Waals surface area contributed by atoms with Crippen LogP contribution in [-0.4, -0.2) is 37.4 Å². The molecule has 7 nitrogen and oxygen atoms in total. The summed E-state index contributed by atoms with van der Waals surface area (Å²) >= 11 is 0. The van der Waals surface area contributed by atoms with Gasteiger partial charge in [-0.3, -0.25) is 10.1 Å². The molecule has 2 aromatic rings. The second kappa shape index (κ2) is 9.07. The lowest BCUT2D eigenvalue weighted by Gasteiger charge is -2.36. The number of fused-ring (bicyclic) bond motifs is 1. The SMILES string of the molecule is COC(=O)CC1CN(Cc2ccccc2)c2cc(NC(=O)OC(C)(C)C)ccc2O1. The van der Waals surface area contributed by atoms with E-state index in [1.54, 1.807) is 12.1 Å². The first-order valence-electron chi connectivity index (χ1n) is 9.90. The Hall–Kier alpha value is -3.22. The van der Waals surface area contributed by atoms with Crippen molar-refractivity contribution < 1.29 is 23.8 Å². The van der Waals surface area contributed by atoms with Crippen molar-refractivity contribution in [3.05, 3.63) is 54.1 Å². The number of ether oxygens (including phenoxy) is 3. The first-order chi connectivity index (χ1) is 14.2. The standard InChI is InChI=1S/C23H28N2O5/c1-23(2,3)30-22(27)24-17-10-11-20-19(12-17)25(14-16-8-6-5-7-9-16)15-18(29-20)13-21(26)28-4/h5-12,18H,13-15H2,1-4H3,(H,24,27). The summed E-state index contributed by atoms with van der Waals surface area (Å²) in [5.74, 6) is 0.340. The van der Waals surface area contributed by atoms with E-state index >= 15 is 0 Å². The van der Waals surface area contributed by atoms with E-state index in [9.17, 15) is 9.59 Å². The molecule has 7 heteroatoms. The van der Waals surface area contributed by atoms with Crippen LogP contribution in [0.5, 0.6) is 5.75 Å². The highest BCUT2D eigenvalue weighted by Crippen LogP contribution is 2.37. The van der Waals surface area contributed by atoms with Crippen molar-refractivity contribution in [2.24, 2.45) is 0 Å². The van der Waals surface area contributed by atoms with Gasteiger partial charge in [0.2, 0.25) is 0 Å². The lowest BCUT2D eigenvalue weighted by atomic mass is 10.1. The summed E-state index contributed by atoms with van der Waals surface area (Å²) in [6.07, 6.45) is -0.672. The second-order valence-electron chi connectivity index (χ2n) is 8.20. The molecule has 0 bridgehead atoms. The third-order valence-electron chi connectivity index (χ3n) is 4.50. The Morgan fingerprint density at radius 3 is 2.57 bits per heavy atom. The molecule has 0 spiro atoms. The van der Waals surface area contributed by atoms with E-state index in [2.05, 4.69) is 10.2 Å².